The highest BCUT2D eigenvalue weighted by molar-refractivity contribution is 7.89. The van der Waals surface area contributed by atoms with E-state index in [4.69, 9.17) is 0 Å². The zero-order chi connectivity index (χ0) is 22.5. The van der Waals surface area contributed by atoms with E-state index in [1.54, 1.807) is 36.3 Å². The van der Waals surface area contributed by atoms with Crippen LogP contribution in [0.4, 0.5) is 8.78 Å². The minimum absolute atomic E-state index is 0.224. The Morgan fingerprint density at radius 2 is 1.88 bits per heavy atom. The highest BCUT2D eigenvalue weighted by Gasteiger charge is 2.37. The van der Waals surface area contributed by atoms with Crippen molar-refractivity contribution in [1.29, 1.82) is 0 Å². The summed E-state index contributed by atoms with van der Waals surface area (Å²) in [4.78, 5) is 2.34. The smallest absolute Gasteiger partial charge is 0.260 e. The molecule has 166 valence electrons. The Hall–Kier alpha value is -2.97. The Morgan fingerprint density at radius 3 is 2.69 bits per heavy atom. The van der Waals surface area contributed by atoms with Crippen LogP contribution in [0, 0.1) is 18.6 Å². The maximum atomic E-state index is 14.4. The number of fused-ring (bicyclic) bond motifs is 1. The highest BCUT2D eigenvalue weighted by Crippen LogP contribution is 2.39. The number of rotatable bonds is 4. The third-order valence-electron chi connectivity index (χ3n) is 6.19. The van der Waals surface area contributed by atoms with Crippen LogP contribution in [0.25, 0.3) is 0 Å². The first kappa shape index (κ1) is 20.9. The van der Waals surface area contributed by atoms with Crippen molar-refractivity contribution in [2.24, 2.45) is 0 Å². The van der Waals surface area contributed by atoms with E-state index in [1.807, 2.05) is 24.3 Å². The average molecular weight is 456 g/mol. The van der Waals surface area contributed by atoms with Crippen LogP contribution in [0.1, 0.15) is 30.0 Å². The fourth-order valence-electron chi connectivity index (χ4n) is 4.64. The first-order chi connectivity index (χ1) is 15.4. The molecule has 1 fully saturated rings. The summed E-state index contributed by atoms with van der Waals surface area (Å²) in [5.41, 5.74) is 2.64. The number of hydrazine groups is 1. The lowest BCUT2D eigenvalue weighted by molar-refractivity contribution is 0.205. The van der Waals surface area contributed by atoms with Crippen molar-refractivity contribution < 1.29 is 17.2 Å². The number of hydrogen-bond donors (Lipinski definition) is 0. The summed E-state index contributed by atoms with van der Waals surface area (Å²) >= 11 is 0. The summed E-state index contributed by atoms with van der Waals surface area (Å²) in [6, 6.07) is 10.2. The number of nitrogens with zero attached hydrogens (tertiary/aromatic N) is 3. The van der Waals surface area contributed by atoms with Crippen molar-refractivity contribution in [2.75, 3.05) is 13.1 Å². The molecule has 0 spiro atoms. The summed E-state index contributed by atoms with van der Waals surface area (Å²) in [5.74, 6) is -0.871. The Morgan fingerprint density at radius 1 is 1.06 bits per heavy atom. The van der Waals surface area contributed by atoms with E-state index < -0.39 is 21.7 Å². The molecule has 0 unspecified atom stereocenters. The Kier molecular flexibility index (Phi) is 5.14. The standard InChI is InChI=1S/C24H23F2N3O2S/c1-17-5-2-3-7-24(17)32(30,31)29-14-11-20-16-19(10-13-28(20)29)27-12-4-6-23(27)21-15-18(25)8-9-22(21)26/h2-3,5,7-11,13,15-16,23H,4,6,12,14H2,1H3/t23-/m1/s1. The van der Waals surface area contributed by atoms with Crippen molar-refractivity contribution in [3.63, 3.8) is 0 Å². The van der Waals surface area contributed by atoms with E-state index in [0.717, 1.165) is 36.8 Å². The van der Waals surface area contributed by atoms with E-state index >= 15 is 0 Å². The molecule has 5 nitrogen and oxygen atoms in total. The van der Waals surface area contributed by atoms with E-state index in [9.17, 15) is 17.2 Å². The maximum Gasteiger partial charge on any atom is 0.260 e. The van der Waals surface area contributed by atoms with E-state index in [0.29, 0.717) is 11.1 Å². The highest BCUT2D eigenvalue weighted by atomic mass is 32.2. The zero-order valence-corrected chi connectivity index (χ0v) is 18.4. The monoisotopic (exact) mass is 455 g/mol. The lowest BCUT2D eigenvalue weighted by Gasteiger charge is -2.34. The molecule has 3 aliphatic rings. The van der Waals surface area contributed by atoms with Gasteiger partial charge >= 0.3 is 0 Å². The first-order valence-electron chi connectivity index (χ1n) is 10.6. The number of sulfonamides is 1. The second kappa shape index (κ2) is 7.86. The van der Waals surface area contributed by atoms with Gasteiger partial charge in [-0.1, -0.05) is 18.2 Å². The van der Waals surface area contributed by atoms with Crippen LogP contribution in [-0.4, -0.2) is 35.8 Å². The van der Waals surface area contributed by atoms with Crippen LogP contribution in [0.5, 0.6) is 0 Å². The molecule has 0 aromatic heterocycles. The molecule has 32 heavy (non-hydrogen) atoms. The van der Waals surface area contributed by atoms with Gasteiger partial charge in [-0.2, -0.15) is 0 Å². The van der Waals surface area contributed by atoms with Gasteiger partial charge in [0.25, 0.3) is 10.0 Å². The third kappa shape index (κ3) is 3.43. The molecule has 1 saturated heterocycles. The van der Waals surface area contributed by atoms with Gasteiger partial charge in [0.2, 0.25) is 0 Å². The minimum Gasteiger partial charge on any atom is -0.364 e. The fraction of sp³-hybridized carbons (Fsp3) is 0.250. The molecule has 3 heterocycles. The Labute approximate surface area is 186 Å². The number of hydrogen-bond acceptors (Lipinski definition) is 4. The minimum atomic E-state index is -3.72. The molecule has 2 aromatic rings. The van der Waals surface area contributed by atoms with Gasteiger partial charge in [-0.05, 0) is 67.8 Å². The molecule has 0 amide bonds. The molecule has 0 radical (unpaired) electrons. The molecule has 0 saturated carbocycles. The molecule has 2 aromatic carbocycles. The van der Waals surface area contributed by atoms with Crippen molar-refractivity contribution in [1.82, 2.24) is 14.3 Å². The van der Waals surface area contributed by atoms with Gasteiger partial charge in [0.05, 0.1) is 23.2 Å². The van der Waals surface area contributed by atoms with Gasteiger partial charge in [0.1, 0.15) is 11.6 Å². The van der Waals surface area contributed by atoms with Gasteiger partial charge in [-0.25, -0.2) is 17.2 Å². The Bertz CT molecular complexity index is 1270. The number of likely N-dealkylation sites (tertiary alicyclic amines) is 1. The summed E-state index contributed by atoms with van der Waals surface area (Å²) in [6.45, 7) is 2.72. The molecule has 8 heteroatoms. The van der Waals surface area contributed by atoms with Crippen LogP contribution in [0.2, 0.25) is 0 Å². The number of benzene rings is 2. The Balaban J connectivity index is 1.41. The van der Waals surface area contributed by atoms with E-state index in [2.05, 4.69) is 4.90 Å². The van der Waals surface area contributed by atoms with Crippen molar-refractivity contribution in [3.05, 3.63) is 101 Å². The number of aryl methyl sites for hydroxylation is 1. The molecule has 3 aliphatic heterocycles. The van der Waals surface area contributed by atoms with Crippen LogP contribution in [0.3, 0.4) is 0 Å². The van der Waals surface area contributed by atoms with Crippen LogP contribution < -0.4 is 0 Å². The number of halogens is 2. The lowest BCUT2D eigenvalue weighted by atomic mass is 10.0. The van der Waals surface area contributed by atoms with Crippen LogP contribution >= 0.6 is 0 Å². The molecule has 1 atom stereocenters. The lowest BCUT2D eigenvalue weighted by Crippen LogP contribution is -2.40. The first-order valence-corrected chi connectivity index (χ1v) is 12.0. The molecular weight excluding hydrogens is 432 g/mol. The fourth-order valence-corrected chi connectivity index (χ4v) is 6.24. The van der Waals surface area contributed by atoms with E-state index in [-0.39, 0.29) is 17.5 Å². The van der Waals surface area contributed by atoms with Crippen LogP contribution in [0.15, 0.2) is 83.2 Å². The van der Waals surface area contributed by atoms with Gasteiger partial charge in [0, 0.05) is 24.0 Å². The summed E-state index contributed by atoms with van der Waals surface area (Å²) < 4.78 is 56.1. The topological polar surface area (TPSA) is 43.9 Å². The molecular formula is C24H23F2N3O2S. The predicted octanol–water partition coefficient (Wildman–Crippen LogP) is 4.63. The predicted molar refractivity (Wildman–Crippen MR) is 117 cm³/mol. The van der Waals surface area contributed by atoms with Gasteiger partial charge in [-0.3, -0.25) is 5.01 Å². The SMILES string of the molecule is Cc1ccccc1S(=O)(=O)N1CC=C2C=C(N3CCC[C@@H]3c3cc(F)ccc3F)C=CN21. The molecule has 5 rings (SSSR count). The molecule has 0 bridgehead atoms. The third-order valence-corrected chi connectivity index (χ3v) is 8.09. The molecule has 0 aliphatic carbocycles. The van der Waals surface area contributed by atoms with Gasteiger partial charge in [0.15, 0.2) is 0 Å². The largest absolute Gasteiger partial charge is 0.364 e. The zero-order valence-electron chi connectivity index (χ0n) is 17.6. The normalized spacial score (nSPS) is 21.0. The summed E-state index contributed by atoms with van der Waals surface area (Å²) in [5, 5.41) is 1.62. The van der Waals surface area contributed by atoms with Crippen molar-refractivity contribution >= 4 is 10.0 Å². The van der Waals surface area contributed by atoms with Gasteiger partial charge < -0.3 is 4.90 Å². The van der Waals surface area contributed by atoms with Crippen molar-refractivity contribution in [2.45, 2.75) is 30.7 Å². The average Bonchev–Trinajstić information content (AvgIpc) is 3.42. The maximum absolute atomic E-state index is 14.4. The quantitative estimate of drug-likeness (QED) is 0.675. The van der Waals surface area contributed by atoms with Gasteiger partial charge in [-0.15, -0.1) is 4.41 Å². The second-order valence-corrected chi connectivity index (χ2v) is 9.96. The molecule has 0 N–H and O–H groups in total. The van der Waals surface area contributed by atoms with Crippen molar-refractivity contribution in [3.8, 4) is 0 Å². The van der Waals surface area contributed by atoms with E-state index in [1.165, 1.54) is 16.5 Å². The van der Waals surface area contributed by atoms with Crippen LogP contribution in [-0.2, 0) is 10.0 Å². The number of allylic oxidation sites excluding steroid dienone is 2. The summed E-state index contributed by atoms with van der Waals surface area (Å²) in [6.07, 6.45) is 8.90. The summed E-state index contributed by atoms with van der Waals surface area (Å²) in [7, 11) is -3.72. The second-order valence-electron chi connectivity index (χ2n) is 8.15.